The zero-order chi connectivity index (χ0) is 21.0. The van der Waals surface area contributed by atoms with Gasteiger partial charge in [-0.15, -0.1) is 0 Å². The number of methoxy groups -OCH3 is 1. The van der Waals surface area contributed by atoms with E-state index in [4.69, 9.17) is 13.9 Å². The third-order valence-electron chi connectivity index (χ3n) is 5.89. The van der Waals surface area contributed by atoms with Gasteiger partial charge in [0, 0.05) is 26.7 Å². The Labute approximate surface area is 176 Å². The fraction of sp³-hybridized carbons (Fsp3) is 0.478. The number of hydrogen-bond acceptors (Lipinski definition) is 5. The maximum atomic E-state index is 12.8. The van der Waals surface area contributed by atoms with E-state index in [2.05, 4.69) is 0 Å². The SMILES string of the molecule is COCc1ccc(C(=O)N2CCC3(CC2)CN(Cc2ccccc2)C(=O)CCO3)o1. The third kappa shape index (κ3) is 4.57. The molecule has 0 aliphatic carbocycles. The van der Waals surface area contributed by atoms with Gasteiger partial charge in [0.25, 0.3) is 5.91 Å². The van der Waals surface area contributed by atoms with Crippen molar-refractivity contribution in [2.24, 2.45) is 0 Å². The minimum absolute atomic E-state index is 0.113. The molecule has 3 heterocycles. The Kier molecular flexibility index (Phi) is 6.20. The Morgan fingerprint density at radius 1 is 1.13 bits per heavy atom. The molecular weight excluding hydrogens is 384 g/mol. The maximum Gasteiger partial charge on any atom is 0.289 e. The van der Waals surface area contributed by atoms with Gasteiger partial charge in [0.15, 0.2) is 5.76 Å². The van der Waals surface area contributed by atoms with Crippen LogP contribution in [0.15, 0.2) is 46.9 Å². The molecule has 2 aromatic rings. The second kappa shape index (κ2) is 9.02. The molecule has 2 fully saturated rings. The highest BCUT2D eigenvalue weighted by Crippen LogP contribution is 2.31. The number of benzene rings is 1. The summed E-state index contributed by atoms with van der Waals surface area (Å²) in [7, 11) is 1.59. The monoisotopic (exact) mass is 412 g/mol. The first-order valence-corrected chi connectivity index (χ1v) is 10.4. The molecule has 0 radical (unpaired) electrons. The smallest absolute Gasteiger partial charge is 0.289 e. The normalized spacial score (nSPS) is 19.2. The highest BCUT2D eigenvalue weighted by atomic mass is 16.5. The summed E-state index contributed by atoms with van der Waals surface area (Å²) < 4.78 is 16.8. The van der Waals surface area contributed by atoms with Gasteiger partial charge in [-0.05, 0) is 30.5 Å². The van der Waals surface area contributed by atoms with Crippen LogP contribution in [0, 0.1) is 0 Å². The van der Waals surface area contributed by atoms with Gasteiger partial charge in [-0.25, -0.2) is 0 Å². The molecule has 7 heteroatoms. The number of furan rings is 1. The Bertz CT molecular complexity index is 871. The Morgan fingerprint density at radius 3 is 2.63 bits per heavy atom. The zero-order valence-electron chi connectivity index (χ0n) is 17.3. The molecule has 0 unspecified atom stereocenters. The Morgan fingerprint density at radius 2 is 1.90 bits per heavy atom. The summed E-state index contributed by atoms with van der Waals surface area (Å²) in [4.78, 5) is 29.1. The molecule has 1 aromatic carbocycles. The van der Waals surface area contributed by atoms with E-state index in [1.54, 1.807) is 24.1 Å². The molecule has 7 nitrogen and oxygen atoms in total. The van der Waals surface area contributed by atoms with Crippen molar-refractivity contribution in [3.63, 3.8) is 0 Å². The first-order chi connectivity index (χ1) is 14.6. The van der Waals surface area contributed by atoms with Crippen LogP contribution in [0.4, 0.5) is 0 Å². The van der Waals surface area contributed by atoms with Crippen LogP contribution >= 0.6 is 0 Å². The fourth-order valence-electron chi connectivity index (χ4n) is 4.23. The van der Waals surface area contributed by atoms with Gasteiger partial charge in [-0.3, -0.25) is 9.59 Å². The van der Waals surface area contributed by atoms with E-state index in [-0.39, 0.29) is 11.8 Å². The van der Waals surface area contributed by atoms with Crippen molar-refractivity contribution in [1.82, 2.24) is 9.80 Å². The number of ether oxygens (including phenoxy) is 2. The van der Waals surface area contributed by atoms with Crippen molar-refractivity contribution in [3.8, 4) is 0 Å². The number of hydrogen-bond donors (Lipinski definition) is 0. The lowest BCUT2D eigenvalue weighted by Gasteiger charge is -2.42. The molecular formula is C23H28N2O5. The van der Waals surface area contributed by atoms with E-state index in [0.717, 1.165) is 5.56 Å². The van der Waals surface area contributed by atoms with Crippen LogP contribution < -0.4 is 0 Å². The van der Waals surface area contributed by atoms with Gasteiger partial charge in [-0.2, -0.15) is 0 Å². The summed E-state index contributed by atoms with van der Waals surface area (Å²) in [5.74, 6) is 0.977. The second-order valence-corrected chi connectivity index (χ2v) is 8.01. The number of carbonyl (C=O) groups is 2. The summed E-state index contributed by atoms with van der Waals surface area (Å²) in [6, 6.07) is 13.5. The quantitative estimate of drug-likeness (QED) is 0.755. The first-order valence-electron chi connectivity index (χ1n) is 10.4. The standard InChI is InChI=1S/C23H28N2O5/c1-28-16-19-7-8-20(30-19)22(27)24-12-10-23(11-13-24)17-25(21(26)9-14-29-23)15-18-5-3-2-4-6-18/h2-8H,9-17H2,1H3. The first kappa shape index (κ1) is 20.6. The number of likely N-dealkylation sites (tertiary alicyclic amines) is 1. The highest BCUT2D eigenvalue weighted by molar-refractivity contribution is 5.91. The lowest BCUT2D eigenvalue weighted by atomic mass is 9.90. The molecule has 4 rings (SSSR count). The van der Waals surface area contributed by atoms with E-state index < -0.39 is 5.60 Å². The van der Waals surface area contributed by atoms with E-state index in [9.17, 15) is 9.59 Å². The average molecular weight is 412 g/mol. The molecule has 160 valence electrons. The molecule has 30 heavy (non-hydrogen) atoms. The lowest BCUT2D eigenvalue weighted by molar-refractivity contribution is -0.132. The van der Waals surface area contributed by atoms with Crippen LogP contribution in [-0.2, 0) is 27.4 Å². The third-order valence-corrected chi connectivity index (χ3v) is 5.89. The van der Waals surface area contributed by atoms with Crippen molar-refractivity contribution in [3.05, 3.63) is 59.5 Å². The summed E-state index contributed by atoms with van der Waals surface area (Å²) in [6.07, 6.45) is 1.79. The molecule has 0 bridgehead atoms. The van der Waals surface area contributed by atoms with E-state index >= 15 is 0 Å². The van der Waals surface area contributed by atoms with E-state index in [1.807, 2.05) is 35.2 Å². The van der Waals surface area contributed by atoms with Gasteiger partial charge in [0.05, 0.1) is 25.2 Å². The lowest BCUT2D eigenvalue weighted by Crippen LogP contribution is -2.53. The summed E-state index contributed by atoms with van der Waals surface area (Å²) >= 11 is 0. The van der Waals surface area contributed by atoms with E-state index in [1.165, 1.54) is 0 Å². The molecule has 1 aromatic heterocycles. The highest BCUT2D eigenvalue weighted by Gasteiger charge is 2.41. The fourth-order valence-corrected chi connectivity index (χ4v) is 4.23. The predicted octanol–water partition coefficient (Wildman–Crippen LogP) is 2.85. The maximum absolute atomic E-state index is 12.8. The van der Waals surface area contributed by atoms with Crippen molar-refractivity contribution in [2.75, 3.05) is 33.4 Å². The van der Waals surface area contributed by atoms with Gasteiger partial charge in [0.2, 0.25) is 5.91 Å². The average Bonchev–Trinajstić information content (AvgIpc) is 3.17. The zero-order valence-corrected chi connectivity index (χ0v) is 17.3. The van der Waals surface area contributed by atoms with Gasteiger partial charge in [-0.1, -0.05) is 30.3 Å². The molecule has 0 saturated carbocycles. The number of rotatable bonds is 5. The number of piperidine rings is 1. The van der Waals surface area contributed by atoms with Crippen molar-refractivity contribution in [1.29, 1.82) is 0 Å². The van der Waals surface area contributed by atoms with Crippen LogP contribution in [0.3, 0.4) is 0 Å². The topological polar surface area (TPSA) is 72.2 Å². The molecule has 2 amide bonds. The summed E-state index contributed by atoms with van der Waals surface area (Å²) in [5.41, 5.74) is 0.711. The van der Waals surface area contributed by atoms with Gasteiger partial charge in [0.1, 0.15) is 12.4 Å². The van der Waals surface area contributed by atoms with Gasteiger partial charge >= 0.3 is 0 Å². The second-order valence-electron chi connectivity index (χ2n) is 8.01. The van der Waals surface area contributed by atoms with Crippen LogP contribution in [0.25, 0.3) is 0 Å². The number of amides is 2. The molecule has 0 atom stereocenters. The largest absolute Gasteiger partial charge is 0.453 e. The minimum atomic E-state index is -0.401. The number of carbonyl (C=O) groups excluding carboxylic acids is 2. The van der Waals surface area contributed by atoms with Crippen molar-refractivity contribution >= 4 is 11.8 Å². The summed E-state index contributed by atoms with van der Waals surface area (Å²) in [5, 5.41) is 0. The van der Waals surface area contributed by atoms with Crippen molar-refractivity contribution < 1.29 is 23.5 Å². The molecule has 1 spiro atoms. The van der Waals surface area contributed by atoms with Crippen LogP contribution in [0.1, 0.15) is 41.1 Å². The van der Waals surface area contributed by atoms with Gasteiger partial charge < -0.3 is 23.7 Å². The Hall–Kier alpha value is -2.64. The Balaban J connectivity index is 1.40. The summed E-state index contributed by atoms with van der Waals surface area (Å²) in [6.45, 7) is 3.06. The van der Waals surface area contributed by atoms with Crippen LogP contribution in [0.5, 0.6) is 0 Å². The van der Waals surface area contributed by atoms with E-state index in [0.29, 0.717) is 70.2 Å². The molecule has 0 N–H and O–H groups in total. The molecule has 2 saturated heterocycles. The number of nitrogens with zero attached hydrogens (tertiary/aromatic N) is 2. The minimum Gasteiger partial charge on any atom is -0.453 e. The predicted molar refractivity (Wildman–Crippen MR) is 110 cm³/mol. The molecule has 2 aliphatic rings. The van der Waals surface area contributed by atoms with Crippen LogP contribution in [-0.4, -0.2) is 60.6 Å². The van der Waals surface area contributed by atoms with Crippen LogP contribution in [0.2, 0.25) is 0 Å². The van der Waals surface area contributed by atoms with Crippen molar-refractivity contribution in [2.45, 2.75) is 38.0 Å². The molecule has 2 aliphatic heterocycles.